The van der Waals surface area contributed by atoms with Crippen molar-refractivity contribution in [3.8, 4) is 0 Å². The van der Waals surface area contributed by atoms with Crippen molar-refractivity contribution < 1.29 is 8.42 Å². The Kier molecular flexibility index (Phi) is 3.07. The van der Waals surface area contributed by atoms with Crippen LogP contribution < -0.4 is 4.72 Å². The minimum Gasteiger partial charge on any atom is -0.276 e. The minimum atomic E-state index is -3.69. The normalized spacial score (nSPS) is 11.7. The fourth-order valence-corrected chi connectivity index (χ4v) is 2.93. The summed E-state index contributed by atoms with van der Waals surface area (Å²) in [5.41, 5.74) is 0.796. The van der Waals surface area contributed by atoms with Crippen molar-refractivity contribution in [3.63, 3.8) is 0 Å². The summed E-state index contributed by atoms with van der Waals surface area (Å²) in [5.74, 6) is 0. The highest BCUT2D eigenvalue weighted by Gasteiger charge is 2.16. The van der Waals surface area contributed by atoms with Gasteiger partial charge in [0.2, 0.25) is 0 Å². The monoisotopic (exact) mass is 308 g/mol. The Morgan fingerprint density at radius 2 is 1.90 bits per heavy atom. The second-order valence-electron chi connectivity index (χ2n) is 4.01. The Bertz CT molecular complexity index is 859. The molecule has 1 aromatic carbocycles. The van der Waals surface area contributed by atoms with Gasteiger partial charge in [-0.15, -0.1) is 0 Å². The largest absolute Gasteiger partial charge is 0.276 e. The van der Waals surface area contributed by atoms with Gasteiger partial charge in [0.1, 0.15) is 6.33 Å². The summed E-state index contributed by atoms with van der Waals surface area (Å²) in [5, 5.41) is 4.42. The van der Waals surface area contributed by atoms with E-state index in [0.29, 0.717) is 16.4 Å². The highest BCUT2D eigenvalue weighted by Crippen LogP contribution is 2.20. The van der Waals surface area contributed by atoms with E-state index in [1.165, 1.54) is 35.1 Å². The number of sulfonamides is 1. The van der Waals surface area contributed by atoms with Crippen LogP contribution in [0.15, 0.2) is 53.8 Å². The molecule has 8 heteroatoms. The van der Waals surface area contributed by atoms with Crippen molar-refractivity contribution in [3.05, 3.63) is 53.9 Å². The van der Waals surface area contributed by atoms with E-state index in [9.17, 15) is 8.42 Å². The molecule has 3 rings (SSSR count). The summed E-state index contributed by atoms with van der Waals surface area (Å²) in [4.78, 5) is 4.14. The predicted molar refractivity (Wildman–Crippen MR) is 75.2 cm³/mol. The molecule has 0 aliphatic rings. The summed E-state index contributed by atoms with van der Waals surface area (Å²) < 4.78 is 28.5. The number of nitrogens with zero attached hydrogens (tertiary/aromatic N) is 3. The number of pyridine rings is 1. The van der Waals surface area contributed by atoms with E-state index in [-0.39, 0.29) is 4.90 Å². The fourth-order valence-electron chi connectivity index (χ4n) is 1.74. The molecule has 0 saturated heterocycles. The van der Waals surface area contributed by atoms with Gasteiger partial charge in [0.05, 0.1) is 10.6 Å². The number of rotatable bonds is 3. The van der Waals surface area contributed by atoms with Gasteiger partial charge < -0.3 is 0 Å². The SMILES string of the molecule is O=S(=O)(Nc1cccn2ncnc12)c1ccc(Cl)cc1. The molecule has 0 fully saturated rings. The molecule has 0 amide bonds. The fraction of sp³-hybridized carbons (Fsp3) is 0. The van der Waals surface area contributed by atoms with Crippen LogP contribution >= 0.6 is 11.6 Å². The number of hydrogen-bond donors (Lipinski definition) is 1. The molecule has 0 aliphatic heterocycles. The third kappa shape index (κ3) is 2.33. The maximum absolute atomic E-state index is 12.3. The zero-order valence-corrected chi connectivity index (χ0v) is 11.6. The van der Waals surface area contributed by atoms with Gasteiger partial charge in [0.15, 0.2) is 5.65 Å². The number of aromatic nitrogens is 3. The van der Waals surface area contributed by atoms with Gasteiger partial charge in [-0.3, -0.25) is 4.72 Å². The second-order valence-corrected chi connectivity index (χ2v) is 6.13. The summed E-state index contributed by atoms with van der Waals surface area (Å²) in [6.07, 6.45) is 3.04. The van der Waals surface area contributed by atoms with E-state index in [1.54, 1.807) is 18.3 Å². The summed E-state index contributed by atoms with van der Waals surface area (Å²) in [6, 6.07) is 9.23. The van der Waals surface area contributed by atoms with Crippen LogP contribution in [0.3, 0.4) is 0 Å². The number of halogens is 1. The van der Waals surface area contributed by atoms with Crippen molar-refractivity contribution in [2.75, 3.05) is 4.72 Å². The molecule has 2 heterocycles. The molecule has 0 spiro atoms. The van der Waals surface area contributed by atoms with E-state index >= 15 is 0 Å². The van der Waals surface area contributed by atoms with Crippen LogP contribution in [0.25, 0.3) is 5.65 Å². The minimum absolute atomic E-state index is 0.128. The van der Waals surface area contributed by atoms with Crippen molar-refractivity contribution in [1.29, 1.82) is 0 Å². The quantitative estimate of drug-likeness (QED) is 0.804. The first-order valence-corrected chi connectivity index (χ1v) is 7.49. The molecule has 20 heavy (non-hydrogen) atoms. The highest BCUT2D eigenvalue weighted by atomic mass is 35.5. The van der Waals surface area contributed by atoms with E-state index in [4.69, 9.17) is 11.6 Å². The number of nitrogens with one attached hydrogen (secondary N) is 1. The van der Waals surface area contributed by atoms with Gasteiger partial charge in [-0.25, -0.2) is 17.9 Å². The first-order chi connectivity index (χ1) is 9.56. The lowest BCUT2D eigenvalue weighted by atomic mass is 10.4. The summed E-state index contributed by atoms with van der Waals surface area (Å²) in [7, 11) is -3.69. The van der Waals surface area contributed by atoms with Crippen molar-refractivity contribution >= 4 is 33.0 Å². The van der Waals surface area contributed by atoms with E-state index in [1.807, 2.05) is 0 Å². The molecule has 0 bridgehead atoms. The Morgan fingerprint density at radius 1 is 1.15 bits per heavy atom. The first kappa shape index (κ1) is 12.9. The smallest absolute Gasteiger partial charge is 0.262 e. The average molecular weight is 309 g/mol. The van der Waals surface area contributed by atoms with Gasteiger partial charge in [0.25, 0.3) is 10.0 Å². The number of anilines is 1. The summed E-state index contributed by atoms with van der Waals surface area (Å²) in [6.45, 7) is 0. The molecule has 3 aromatic rings. The zero-order chi connectivity index (χ0) is 14.2. The maximum atomic E-state index is 12.3. The van der Waals surface area contributed by atoms with Gasteiger partial charge >= 0.3 is 0 Å². The third-order valence-electron chi connectivity index (χ3n) is 2.67. The predicted octanol–water partition coefficient (Wildman–Crippen LogP) is 2.18. The van der Waals surface area contributed by atoms with Crippen LogP contribution in [0.2, 0.25) is 5.02 Å². The molecule has 102 valence electrons. The zero-order valence-electron chi connectivity index (χ0n) is 10.1. The van der Waals surface area contributed by atoms with Crippen molar-refractivity contribution in [2.24, 2.45) is 0 Å². The Labute approximate surface area is 120 Å². The Balaban J connectivity index is 2.01. The van der Waals surface area contributed by atoms with Gasteiger partial charge in [-0.05, 0) is 36.4 Å². The maximum Gasteiger partial charge on any atom is 0.262 e. The molecule has 0 unspecified atom stereocenters. The third-order valence-corrected chi connectivity index (χ3v) is 4.31. The lowest BCUT2D eigenvalue weighted by Crippen LogP contribution is -2.13. The molecule has 0 atom stereocenters. The summed E-state index contributed by atoms with van der Waals surface area (Å²) >= 11 is 5.75. The molecule has 0 saturated carbocycles. The molecule has 0 aliphatic carbocycles. The van der Waals surface area contributed by atoms with Gasteiger partial charge in [0, 0.05) is 11.2 Å². The number of benzene rings is 1. The van der Waals surface area contributed by atoms with E-state index in [0.717, 1.165) is 0 Å². The highest BCUT2D eigenvalue weighted by molar-refractivity contribution is 7.92. The molecule has 0 radical (unpaired) electrons. The van der Waals surface area contributed by atoms with Crippen molar-refractivity contribution in [2.45, 2.75) is 4.90 Å². The van der Waals surface area contributed by atoms with E-state index in [2.05, 4.69) is 14.8 Å². The van der Waals surface area contributed by atoms with Crippen LogP contribution in [0.5, 0.6) is 0 Å². The van der Waals surface area contributed by atoms with Crippen LogP contribution in [0.1, 0.15) is 0 Å². The van der Waals surface area contributed by atoms with Crippen LogP contribution in [0, 0.1) is 0 Å². The van der Waals surface area contributed by atoms with Crippen LogP contribution in [0.4, 0.5) is 5.69 Å². The molecule has 2 aromatic heterocycles. The average Bonchev–Trinajstić information content (AvgIpc) is 2.88. The Morgan fingerprint density at radius 3 is 2.65 bits per heavy atom. The number of hydrogen-bond acceptors (Lipinski definition) is 4. The second kappa shape index (κ2) is 4.77. The molecular weight excluding hydrogens is 300 g/mol. The molecular formula is C12H9ClN4O2S. The molecule has 1 N–H and O–H groups in total. The first-order valence-electron chi connectivity index (χ1n) is 5.63. The Hall–Kier alpha value is -2.12. The standard InChI is InChI=1S/C12H9ClN4O2S/c13-9-3-5-10(6-4-9)20(18,19)16-11-2-1-7-17-12(11)14-8-15-17/h1-8,16H. The topological polar surface area (TPSA) is 76.4 Å². The molecule has 6 nitrogen and oxygen atoms in total. The van der Waals surface area contributed by atoms with Crippen LogP contribution in [-0.2, 0) is 10.0 Å². The lowest BCUT2D eigenvalue weighted by molar-refractivity contribution is 0.601. The van der Waals surface area contributed by atoms with E-state index < -0.39 is 10.0 Å². The van der Waals surface area contributed by atoms with Gasteiger partial charge in [-0.2, -0.15) is 5.10 Å². The lowest BCUT2D eigenvalue weighted by Gasteiger charge is -2.08. The van der Waals surface area contributed by atoms with Crippen molar-refractivity contribution in [1.82, 2.24) is 14.6 Å². The van der Waals surface area contributed by atoms with Crippen LogP contribution in [-0.4, -0.2) is 23.0 Å². The van der Waals surface area contributed by atoms with Gasteiger partial charge in [-0.1, -0.05) is 11.6 Å². The number of fused-ring (bicyclic) bond motifs is 1.